The summed E-state index contributed by atoms with van der Waals surface area (Å²) < 4.78 is 0. The van der Waals surface area contributed by atoms with Crippen LogP contribution < -0.4 is 0 Å². The van der Waals surface area contributed by atoms with Crippen LogP contribution in [0.3, 0.4) is 0 Å². The number of aromatic nitrogens is 1. The van der Waals surface area contributed by atoms with Gasteiger partial charge in [-0.25, -0.2) is 0 Å². The lowest BCUT2D eigenvalue weighted by Crippen LogP contribution is -2.17. The average molecular weight is 207 g/mol. The van der Waals surface area contributed by atoms with Crippen molar-refractivity contribution in [3.63, 3.8) is 0 Å². The van der Waals surface area contributed by atoms with Gasteiger partial charge in [-0.2, -0.15) is 0 Å². The highest BCUT2D eigenvalue weighted by atomic mass is 16.4. The summed E-state index contributed by atoms with van der Waals surface area (Å²) in [5.74, 6) is 0. The van der Waals surface area contributed by atoms with Gasteiger partial charge in [-0.3, -0.25) is 9.88 Å². The van der Waals surface area contributed by atoms with E-state index in [1.807, 2.05) is 18.5 Å². The van der Waals surface area contributed by atoms with Gasteiger partial charge in [0.1, 0.15) is 0 Å². The molecule has 0 bridgehead atoms. The fourth-order valence-corrected chi connectivity index (χ4v) is 1.90. The molecule has 0 aliphatic carbocycles. The number of rotatable bonds is 1. The summed E-state index contributed by atoms with van der Waals surface area (Å²) in [6, 6.07) is 4.79. The van der Waals surface area contributed by atoms with Gasteiger partial charge < -0.3 is 5.21 Å². The molecule has 1 atom stereocenters. The molecule has 1 aliphatic heterocycles. The molecule has 1 aliphatic rings. The quantitative estimate of drug-likeness (QED) is 0.435. The Morgan fingerprint density at radius 1 is 1.67 bits per heavy atom. The van der Waals surface area contributed by atoms with Crippen LogP contribution >= 0.6 is 0 Å². The van der Waals surface area contributed by atoms with E-state index < -0.39 is 0 Å². The molecule has 4 heteroatoms. The lowest BCUT2D eigenvalue weighted by atomic mass is 10.1. The standard InChI is InChI=1S/C10H14N2.CH3NO/c1-12-7-3-5-10(12)9-4-2-6-11-8-9;1-2-3/h2,4,6,8,10H,3,5,7H2,1H3;3H,1H2. The Hall–Kier alpha value is -1.42. The summed E-state index contributed by atoms with van der Waals surface area (Å²) in [4.78, 5) is 6.54. The van der Waals surface area contributed by atoms with Gasteiger partial charge in [-0.05, 0) is 38.1 Å². The van der Waals surface area contributed by atoms with Gasteiger partial charge in [-0.15, -0.1) is 5.16 Å². The summed E-state index contributed by atoms with van der Waals surface area (Å²) >= 11 is 0. The van der Waals surface area contributed by atoms with E-state index in [2.05, 4.69) is 34.9 Å². The monoisotopic (exact) mass is 207 g/mol. The van der Waals surface area contributed by atoms with Gasteiger partial charge in [0, 0.05) is 25.2 Å². The lowest BCUT2D eigenvalue weighted by molar-refractivity contribution is 0.317. The molecule has 0 saturated carbocycles. The van der Waals surface area contributed by atoms with Crippen molar-refractivity contribution in [1.82, 2.24) is 9.88 Å². The van der Waals surface area contributed by atoms with Crippen LogP contribution in [0, 0.1) is 0 Å². The van der Waals surface area contributed by atoms with Crippen molar-refractivity contribution in [2.75, 3.05) is 13.6 Å². The van der Waals surface area contributed by atoms with Crippen molar-refractivity contribution < 1.29 is 5.21 Å². The molecule has 2 rings (SSSR count). The Labute approximate surface area is 90.2 Å². The Bertz CT molecular complexity index is 289. The van der Waals surface area contributed by atoms with Crippen molar-refractivity contribution in [2.45, 2.75) is 18.9 Å². The molecule has 1 saturated heterocycles. The van der Waals surface area contributed by atoms with Crippen LogP contribution in [0.2, 0.25) is 0 Å². The number of hydrogen-bond acceptors (Lipinski definition) is 4. The third-order valence-electron chi connectivity index (χ3n) is 2.59. The Morgan fingerprint density at radius 3 is 2.87 bits per heavy atom. The third-order valence-corrected chi connectivity index (χ3v) is 2.59. The maximum absolute atomic E-state index is 7.08. The van der Waals surface area contributed by atoms with Crippen molar-refractivity contribution in [2.24, 2.45) is 5.16 Å². The predicted octanol–water partition coefficient (Wildman–Crippen LogP) is 1.92. The molecule has 0 spiro atoms. The van der Waals surface area contributed by atoms with Gasteiger partial charge >= 0.3 is 0 Å². The second-order valence-corrected chi connectivity index (χ2v) is 3.57. The molecule has 1 fully saturated rings. The smallest absolute Gasteiger partial charge is 0.0360 e. The maximum Gasteiger partial charge on any atom is 0.0360 e. The van der Waals surface area contributed by atoms with E-state index in [1.54, 1.807) is 0 Å². The number of hydrogen-bond donors (Lipinski definition) is 1. The third kappa shape index (κ3) is 3.32. The summed E-state index contributed by atoms with van der Waals surface area (Å²) in [5, 5.41) is 9.33. The van der Waals surface area contributed by atoms with Crippen LogP contribution in [-0.2, 0) is 0 Å². The zero-order valence-corrected chi connectivity index (χ0v) is 9.00. The first kappa shape index (κ1) is 11.7. The summed E-state index contributed by atoms with van der Waals surface area (Å²) in [6.45, 7) is 3.89. The van der Waals surface area contributed by atoms with Crippen LogP contribution in [-0.4, -0.2) is 35.4 Å². The minimum Gasteiger partial charge on any atom is -0.411 e. The number of nitrogens with zero attached hydrogens (tertiary/aromatic N) is 3. The Morgan fingerprint density at radius 2 is 2.40 bits per heavy atom. The van der Waals surface area contributed by atoms with Crippen LogP contribution in [0.25, 0.3) is 0 Å². The SMILES string of the molecule is C=NO.CN1CCCC1c1cccnc1. The van der Waals surface area contributed by atoms with Gasteiger partial charge in [0.05, 0.1) is 0 Å². The molecule has 4 nitrogen and oxygen atoms in total. The van der Waals surface area contributed by atoms with Gasteiger partial charge in [0.15, 0.2) is 0 Å². The zero-order valence-electron chi connectivity index (χ0n) is 9.00. The van der Waals surface area contributed by atoms with E-state index >= 15 is 0 Å². The topological polar surface area (TPSA) is 48.7 Å². The number of pyridine rings is 1. The molecule has 15 heavy (non-hydrogen) atoms. The minimum atomic E-state index is 0.610. The number of oxime groups is 1. The van der Waals surface area contributed by atoms with Gasteiger partial charge in [-0.1, -0.05) is 6.07 Å². The fourth-order valence-electron chi connectivity index (χ4n) is 1.90. The molecular weight excluding hydrogens is 190 g/mol. The van der Waals surface area contributed by atoms with E-state index in [9.17, 15) is 0 Å². The van der Waals surface area contributed by atoms with Crippen LogP contribution in [0.15, 0.2) is 29.7 Å². The molecule has 0 radical (unpaired) electrons. The number of likely N-dealkylation sites (tertiary alicyclic amines) is 1. The van der Waals surface area contributed by atoms with Crippen molar-refractivity contribution in [1.29, 1.82) is 0 Å². The normalized spacial score (nSPS) is 20.5. The van der Waals surface area contributed by atoms with E-state index in [-0.39, 0.29) is 0 Å². The Balaban J connectivity index is 0.000000337. The van der Waals surface area contributed by atoms with E-state index in [1.165, 1.54) is 24.9 Å². The van der Waals surface area contributed by atoms with E-state index in [0.29, 0.717) is 6.04 Å². The minimum absolute atomic E-state index is 0.610. The highest BCUT2D eigenvalue weighted by Crippen LogP contribution is 2.29. The first-order valence-corrected chi connectivity index (χ1v) is 5.00. The second kappa shape index (κ2) is 6.14. The molecule has 0 aromatic carbocycles. The van der Waals surface area contributed by atoms with Gasteiger partial charge in [0.2, 0.25) is 0 Å². The molecule has 1 aromatic heterocycles. The summed E-state index contributed by atoms with van der Waals surface area (Å²) in [5.41, 5.74) is 1.36. The molecule has 1 aromatic rings. The largest absolute Gasteiger partial charge is 0.411 e. The lowest BCUT2D eigenvalue weighted by Gasteiger charge is -2.18. The van der Waals surface area contributed by atoms with Crippen molar-refractivity contribution in [3.05, 3.63) is 30.1 Å². The first-order valence-electron chi connectivity index (χ1n) is 5.00. The Kier molecular flexibility index (Phi) is 4.77. The highest BCUT2D eigenvalue weighted by Gasteiger charge is 2.21. The zero-order chi connectivity index (χ0) is 11.1. The highest BCUT2D eigenvalue weighted by molar-refractivity contribution is 5.20. The predicted molar refractivity (Wildman–Crippen MR) is 60.2 cm³/mol. The molecule has 1 unspecified atom stereocenters. The summed E-state index contributed by atoms with van der Waals surface area (Å²) in [6.07, 6.45) is 6.41. The molecule has 2 heterocycles. The first-order chi connectivity index (χ1) is 7.29. The van der Waals surface area contributed by atoms with Gasteiger partial charge in [0.25, 0.3) is 0 Å². The van der Waals surface area contributed by atoms with Crippen LogP contribution in [0.4, 0.5) is 0 Å². The van der Waals surface area contributed by atoms with Crippen molar-refractivity contribution in [3.8, 4) is 0 Å². The van der Waals surface area contributed by atoms with E-state index in [0.717, 1.165) is 0 Å². The average Bonchev–Trinajstić information content (AvgIpc) is 2.67. The fraction of sp³-hybridized carbons (Fsp3) is 0.455. The second-order valence-electron chi connectivity index (χ2n) is 3.57. The van der Waals surface area contributed by atoms with Crippen LogP contribution in [0.5, 0.6) is 0 Å². The summed E-state index contributed by atoms with van der Waals surface area (Å²) in [7, 11) is 2.19. The molecule has 82 valence electrons. The molecule has 0 amide bonds. The maximum atomic E-state index is 7.08. The van der Waals surface area contributed by atoms with Crippen molar-refractivity contribution >= 4 is 6.72 Å². The molecule has 1 N–H and O–H groups in total. The van der Waals surface area contributed by atoms with E-state index in [4.69, 9.17) is 5.21 Å². The van der Waals surface area contributed by atoms with Crippen LogP contribution in [0.1, 0.15) is 24.4 Å². The molecular formula is C11H17N3O.